The number of rotatable bonds is 7. The van der Waals surface area contributed by atoms with Gasteiger partial charge in [0.1, 0.15) is 10.7 Å². The summed E-state index contributed by atoms with van der Waals surface area (Å²) in [6, 6.07) is 18.2. The van der Waals surface area contributed by atoms with Crippen LogP contribution in [0.1, 0.15) is 5.56 Å². The summed E-state index contributed by atoms with van der Waals surface area (Å²) in [6.07, 6.45) is 4.09. The highest BCUT2D eigenvalue weighted by Gasteiger charge is 2.20. The van der Waals surface area contributed by atoms with Gasteiger partial charge >= 0.3 is 0 Å². The van der Waals surface area contributed by atoms with Crippen LogP contribution in [0.15, 0.2) is 78.0 Å². The van der Waals surface area contributed by atoms with E-state index in [1.54, 1.807) is 24.4 Å². The van der Waals surface area contributed by atoms with E-state index in [1.165, 1.54) is 12.3 Å². The van der Waals surface area contributed by atoms with Gasteiger partial charge in [-0.2, -0.15) is 0 Å². The largest absolute Gasteiger partial charge is 0.369 e. The van der Waals surface area contributed by atoms with E-state index in [4.69, 9.17) is 5.41 Å². The molecule has 3 heterocycles. The van der Waals surface area contributed by atoms with Crippen molar-refractivity contribution < 1.29 is 8.42 Å². The highest BCUT2D eigenvalue weighted by atomic mass is 32.2. The molecule has 0 atom stereocenters. The predicted octanol–water partition coefficient (Wildman–Crippen LogP) is 3.58. The van der Waals surface area contributed by atoms with Crippen molar-refractivity contribution in [1.29, 1.82) is 5.41 Å². The van der Waals surface area contributed by atoms with Gasteiger partial charge in [-0.15, -0.1) is 0 Å². The minimum absolute atomic E-state index is 0.0707. The Hall–Kier alpha value is -4.02. The van der Waals surface area contributed by atoms with E-state index in [1.807, 2.05) is 24.3 Å². The molecule has 0 radical (unpaired) electrons. The number of sulfonamides is 1. The number of hydrogen-bond donors (Lipinski definition) is 4. The molecule has 0 saturated carbocycles. The molecule has 2 aromatic heterocycles. The lowest BCUT2D eigenvalue weighted by molar-refractivity contribution is 0.589. The van der Waals surface area contributed by atoms with E-state index >= 15 is 0 Å². The summed E-state index contributed by atoms with van der Waals surface area (Å²) >= 11 is 0. The fourth-order valence-electron chi connectivity index (χ4n) is 4.06. The first-order valence-corrected chi connectivity index (χ1v) is 12.7. The van der Waals surface area contributed by atoms with Gasteiger partial charge in [-0.3, -0.25) is 9.71 Å². The summed E-state index contributed by atoms with van der Waals surface area (Å²) in [4.78, 5) is 11.0. The summed E-state index contributed by atoms with van der Waals surface area (Å²) in [6.45, 7) is 3.87. The van der Waals surface area contributed by atoms with Crippen LogP contribution in [0, 0.1) is 5.41 Å². The molecule has 4 aromatic rings. The van der Waals surface area contributed by atoms with Crippen LogP contribution in [0.25, 0.3) is 10.9 Å². The molecule has 4 N–H and O–H groups in total. The molecule has 0 bridgehead atoms. The second-order valence-electron chi connectivity index (χ2n) is 8.15. The highest BCUT2D eigenvalue weighted by molar-refractivity contribution is 7.93. The number of nitrogens with zero attached hydrogens (tertiary/aromatic N) is 3. The van der Waals surface area contributed by atoms with Gasteiger partial charge in [-0.25, -0.2) is 13.4 Å². The van der Waals surface area contributed by atoms with Crippen molar-refractivity contribution in [2.75, 3.05) is 41.1 Å². The summed E-state index contributed by atoms with van der Waals surface area (Å²) in [5, 5.41) is 15.0. The zero-order chi connectivity index (χ0) is 24.3. The molecular formula is C25H25N7O2S. The van der Waals surface area contributed by atoms with E-state index in [0.29, 0.717) is 16.9 Å². The number of piperazine rings is 1. The molecule has 5 rings (SSSR count). The second-order valence-corrected chi connectivity index (χ2v) is 9.80. The van der Waals surface area contributed by atoms with Crippen molar-refractivity contribution in [3.05, 3.63) is 78.6 Å². The quantitative estimate of drug-likeness (QED) is 0.294. The average molecular weight is 488 g/mol. The normalized spacial score (nSPS) is 14.0. The fraction of sp³-hybridized carbons (Fsp3) is 0.160. The zero-order valence-electron chi connectivity index (χ0n) is 18.9. The summed E-state index contributed by atoms with van der Waals surface area (Å²) in [5.74, 6) is 0.458. The average Bonchev–Trinajstić information content (AvgIpc) is 2.89. The molecule has 0 amide bonds. The van der Waals surface area contributed by atoms with Gasteiger partial charge in [0, 0.05) is 73.2 Å². The Bertz CT molecular complexity index is 1460. The van der Waals surface area contributed by atoms with Gasteiger partial charge in [-0.05, 0) is 36.4 Å². The maximum atomic E-state index is 13.3. The van der Waals surface area contributed by atoms with E-state index in [9.17, 15) is 8.42 Å². The van der Waals surface area contributed by atoms with Crippen LogP contribution in [-0.4, -0.2) is 50.8 Å². The summed E-state index contributed by atoms with van der Waals surface area (Å²) in [5.41, 5.74) is 2.97. The molecule has 178 valence electrons. The van der Waals surface area contributed by atoms with Crippen molar-refractivity contribution in [3.8, 4) is 0 Å². The minimum Gasteiger partial charge on any atom is -0.369 e. The standard InChI is InChI=1S/C25H25N7O2S/c26-16-19-17-29-24(30-20-6-8-21(9-7-20)32-13-11-27-12-14-32)15-22(19)31-35(33,34)23-5-1-3-18-4-2-10-28-25(18)23/h1-10,15-17,26-27H,11-14H2,(H2,29,30,31). The summed E-state index contributed by atoms with van der Waals surface area (Å²) in [7, 11) is -3.96. The Balaban J connectivity index is 1.39. The minimum atomic E-state index is -3.96. The Morgan fingerprint density at radius 3 is 2.54 bits per heavy atom. The molecule has 35 heavy (non-hydrogen) atoms. The lowest BCUT2D eigenvalue weighted by atomic mass is 10.2. The second kappa shape index (κ2) is 9.69. The van der Waals surface area contributed by atoms with Gasteiger partial charge in [-0.1, -0.05) is 18.2 Å². The third-order valence-corrected chi connectivity index (χ3v) is 7.24. The molecule has 0 spiro atoms. The number of para-hydroxylation sites is 1. The first-order chi connectivity index (χ1) is 17.0. The topological polar surface area (TPSA) is 123 Å². The molecular weight excluding hydrogens is 462 g/mol. The molecule has 1 aliphatic heterocycles. The van der Waals surface area contributed by atoms with Crippen LogP contribution in [0.4, 0.5) is 22.9 Å². The highest BCUT2D eigenvalue weighted by Crippen LogP contribution is 2.27. The van der Waals surface area contributed by atoms with Crippen LogP contribution in [0.5, 0.6) is 0 Å². The van der Waals surface area contributed by atoms with Gasteiger partial charge in [0.15, 0.2) is 0 Å². The third-order valence-electron chi connectivity index (χ3n) is 5.84. The lowest BCUT2D eigenvalue weighted by Crippen LogP contribution is -2.43. The van der Waals surface area contributed by atoms with Crippen molar-refractivity contribution in [1.82, 2.24) is 15.3 Å². The van der Waals surface area contributed by atoms with Crippen molar-refractivity contribution in [2.24, 2.45) is 0 Å². The van der Waals surface area contributed by atoms with E-state index in [0.717, 1.165) is 49.2 Å². The first kappa shape index (κ1) is 22.8. The maximum absolute atomic E-state index is 13.3. The molecule has 10 heteroatoms. The van der Waals surface area contributed by atoms with E-state index in [-0.39, 0.29) is 10.6 Å². The molecule has 9 nitrogen and oxygen atoms in total. The Kier molecular flexibility index (Phi) is 6.30. The van der Waals surface area contributed by atoms with Crippen molar-refractivity contribution >= 4 is 50.0 Å². The molecule has 1 aliphatic rings. The first-order valence-electron chi connectivity index (χ1n) is 11.2. The van der Waals surface area contributed by atoms with Gasteiger partial charge < -0.3 is 20.9 Å². The zero-order valence-corrected chi connectivity index (χ0v) is 19.7. The Morgan fingerprint density at radius 2 is 1.77 bits per heavy atom. The van der Waals surface area contributed by atoms with E-state index in [2.05, 4.69) is 42.4 Å². The monoisotopic (exact) mass is 487 g/mol. The SMILES string of the molecule is N=Cc1cnc(Nc2ccc(N3CCNCC3)cc2)cc1NS(=O)(=O)c1cccc2cccnc12. The van der Waals surface area contributed by atoms with Crippen molar-refractivity contribution in [2.45, 2.75) is 4.90 Å². The smallest absolute Gasteiger partial charge is 0.264 e. The van der Waals surface area contributed by atoms with Crippen LogP contribution in [-0.2, 0) is 10.0 Å². The van der Waals surface area contributed by atoms with Crippen LogP contribution >= 0.6 is 0 Å². The molecule has 0 unspecified atom stereocenters. The molecule has 1 fully saturated rings. The molecule has 0 aliphatic carbocycles. The lowest BCUT2D eigenvalue weighted by Gasteiger charge is -2.29. The number of nitrogens with one attached hydrogen (secondary N) is 4. The van der Waals surface area contributed by atoms with Crippen LogP contribution in [0.3, 0.4) is 0 Å². The van der Waals surface area contributed by atoms with Gasteiger partial charge in [0.25, 0.3) is 10.0 Å². The Morgan fingerprint density at radius 1 is 1.00 bits per heavy atom. The fourth-order valence-corrected chi connectivity index (χ4v) is 5.32. The maximum Gasteiger partial charge on any atom is 0.264 e. The van der Waals surface area contributed by atoms with Crippen LogP contribution < -0.4 is 20.3 Å². The number of benzene rings is 2. The number of aromatic nitrogens is 2. The van der Waals surface area contributed by atoms with Gasteiger partial charge in [0.2, 0.25) is 0 Å². The van der Waals surface area contributed by atoms with Crippen LogP contribution in [0.2, 0.25) is 0 Å². The van der Waals surface area contributed by atoms with E-state index < -0.39 is 10.0 Å². The molecule has 1 saturated heterocycles. The number of hydrogen-bond acceptors (Lipinski definition) is 8. The number of fused-ring (bicyclic) bond motifs is 1. The molecule has 2 aromatic carbocycles. The number of pyridine rings is 2. The predicted molar refractivity (Wildman–Crippen MR) is 139 cm³/mol. The summed E-state index contributed by atoms with van der Waals surface area (Å²) < 4.78 is 29.1. The van der Waals surface area contributed by atoms with Crippen molar-refractivity contribution in [3.63, 3.8) is 0 Å². The Labute approximate surface area is 203 Å². The third kappa shape index (κ3) is 4.93. The number of anilines is 4. The van der Waals surface area contributed by atoms with Gasteiger partial charge in [0.05, 0.1) is 11.2 Å².